The summed E-state index contributed by atoms with van der Waals surface area (Å²) in [6.07, 6.45) is 4.69. The van der Waals surface area contributed by atoms with Gasteiger partial charge in [-0.2, -0.15) is 0 Å². The monoisotopic (exact) mass is 396 g/mol. The number of quaternary nitrogens is 1. The molecule has 1 saturated carbocycles. The summed E-state index contributed by atoms with van der Waals surface area (Å²) >= 11 is 3.41. The van der Waals surface area contributed by atoms with Crippen molar-refractivity contribution in [2.24, 2.45) is 5.92 Å². The van der Waals surface area contributed by atoms with E-state index in [0.29, 0.717) is 12.5 Å². The second-order valence-electron chi connectivity index (χ2n) is 6.77. The summed E-state index contributed by atoms with van der Waals surface area (Å²) in [4.78, 5) is 25.2. The van der Waals surface area contributed by atoms with E-state index >= 15 is 0 Å². The molecule has 1 aliphatic rings. The molecule has 0 radical (unpaired) electrons. The van der Waals surface area contributed by atoms with Crippen LogP contribution in [0.25, 0.3) is 0 Å². The SMILES string of the molecule is C[C@@H]1CCCC[C@@H]1NC(=O)C[NH+](C)CC(=O)Nc1ccccc1Br. The van der Waals surface area contributed by atoms with Gasteiger partial charge in [0.15, 0.2) is 13.1 Å². The molecule has 6 heteroatoms. The zero-order valence-corrected chi connectivity index (χ0v) is 16.0. The number of hydrogen-bond acceptors (Lipinski definition) is 2. The Kier molecular flexibility index (Phi) is 7.24. The Bertz CT molecular complexity index is 579. The second kappa shape index (κ2) is 9.18. The quantitative estimate of drug-likeness (QED) is 0.683. The number of rotatable bonds is 6. The van der Waals surface area contributed by atoms with E-state index in [1.54, 1.807) is 0 Å². The minimum Gasteiger partial charge on any atom is -0.348 e. The molecule has 0 heterocycles. The number of anilines is 1. The molecule has 0 saturated heterocycles. The van der Waals surface area contributed by atoms with Crippen LogP contribution in [0, 0.1) is 5.92 Å². The lowest BCUT2D eigenvalue weighted by Gasteiger charge is -2.29. The Morgan fingerprint density at radius 2 is 1.83 bits per heavy atom. The minimum atomic E-state index is -0.0989. The fraction of sp³-hybridized carbons (Fsp3) is 0.556. The molecule has 3 N–H and O–H groups in total. The zero-order chi connectivity index (χ0) is 17.5. The van der Waals surface area contributed by atoms with Gasteiger partial charge < -0.3 is 15.5 Å². The van der Waals surface area contributed by atoms with Crippen LogP contribution < -0.4 is 15.5 Å². The first kappa shape index (κ1) is 18.9. The Hall–Kier alpha value is -1.40. The molecule has 1 aliphatic carbocycles. The summed E-state index contributed by atoms with van der Waals surface area (Å²) in [6, 6.07) is 7.77. The molecule has 0 aliphatic heterocycles. The number of benzene rings is 1. The molecule has 2 rings (SSSR count). The summed E-state index contributed by atoms with van der Waals surface area (Å²) in [5.74, 6) is 0.472. The van der Waals surface area contributed by atoms with E-state index in [2.05, 4.69) is 33.5 Å². The number of likely N-dealkylation sites (N-methyl/N-ethyl adjacent to an activating group) is 1. The molecule has 3 atom stereocenters. The van der Waals surface area contributed by atoms with Crippen LogP contribution in [0.4, 0.5) is 5.69 Å². The van der Waals surface area contributed by atoms with E-state index < -0.39 is 0 Å². The first-order chi connectivity index (χ1) is 11.5. The van der Waals surface area contributed by atoms with Gasteiger partial charge in [0.05, 0.1) is 12.7 Å². The largest absolute Gasteiger partial charge is 0.348 e. The van der Waals surface area contributed by atoms with Crippen molar-refractivity contribution in [3.05, 3.63) is 28.7 Å². The fourth-order valence-electron chi connectivity index (χ4n) is 3.16. The second-order valence-corrected chi connectivity index (χ2v) is 7.63. The third kappa shape index (κ3) is 5.91. The smallest absolute Gasteiger partial charge is 0.279 e. The third-order valence-electron chi connectivity index (χ3n) is 4.53. The van der Waals surface area contributed by atoms with Gasteiger partial charge in [0.25, 0.3) is 11.8 Å². The van der Waals surface area contributed by atoms with Gasteiger partial charge in [0.2, 0.25) is 0 Å². The molecular formula is C18H27BrN3O2+. The predicted molar refractivity (Wildman–Crippen MR) is 99.0 cm³/mol. The molecule has 1 fully saturated rings. The molecule has 0 bridgehead atoms. The number of carbonyl (C=O) groups is 2. The van der Waals surface area contributed by atoms with Crippen molar-refractivity contribution in [1.82, 2.24) is 5.32 Å². The zero-order valence-electron chi connectivity index (χ0n) is 14.4. The van der Waals surface area contributed by atoms with E-state index in [1.807, 2.05) is 31.3 Å². The van der Waals surface area contributed by atoms with Crippen LogP contribution in [0.3, 0.4) is 0 Å². The number of para-hydroxylation sites is 1. The fourth-order valence-corrected chi connectivity index (χ4v) is 3.54. The summed E-state index contributed by atoms with van der Waals surface area (Å²) in [7, 11) is 1.86. The normalized spacial score (nSPS) is 21.8. The van der Waals surface area contributed by atoms with Gasteiger partial charge in [-0.05, 0) is 46.8 Å². The lowest BCUT2D eigenvalue weighted by atomic mass is 9.86. The summed E-state index contributed by atoms with van der Waals surface area (Å²) < 4.78 is 0.847. The maximum atomic E-state index is 12.2. The van der Waals surface area contributed by atoms with Crippen LogP contribution in [0.5, 0.6) is 0 Å². The lowest BCUT2D eigenvalue weighted by Crippen LogP contribution is -3.11. The lowest BCUT2D eigenvalue weighted by molar-refractivity contribution is -0.862. The van der Waals surface area contributed by atoms with Gasteiger partial charge in [0, 0.05) is 10.5 Å². The Morgan fingerprint density at radius 3 is 2.54 bits per heavy atom. The van der Waals surface area contributed by atoms with Crippen molar-refractivity contribution in [1.29, 1.82) is 0 Å². The maximum absolute atomic E-state index is 12.2. The van der Waals surface area contributed by atoms with E-state index in [0.717, 1.165) is 21.5 Å². The van der Waals surface area contributed by atoms with Crippen molar-refractivity contribution in [2.75, 3.05) is 25.5 Å². The molecule has 2 amide bonds. The van der Waals surface area contributed by atoms with Gasteiger partial charge in [-0.3, -0.25) is 9.59 Å². The molecule has 0 aromatic heterocycles. The highest BCUT2D eigenvalue weighted by molar-refractivity contribution is 9.10. The highest BCUT2D eigenvalue weighted by Crippen LogP contribution is 2.23. The highest BCUT2D eigenvalue weighted by Gasteiger charge is 2.24. The van der Waals surface area contributed by atoms with Crippen LogP contribution in [0.2, 0.25) is 0 Å². The van der Waals surface area contributed by atoms with Gasteiger partial charge in [-0.25, -0.2) is 0 Å². The van der Waals surface area contributed by atoms with Crippen molar-refractivity contribution in [2.45, 2.75) is 38.6 Å². The molecule has 1 aromatic rings. The molecular weight excluding hydrogens is 370 g/mol. The van der Waals surface area contributed by atoms with Crippen LogP contribution in [0.1, 0.15) is 32.6 Å². The van der Waals surface area contributed by atoms with Gasteiger partial charge in [0.1, 0.15) is 0 Å². The van der Waals surface area contributed by atoms with E-state index in [-0.39, 0.29) is 24.4 Å². The maximum Gasteiger partial charge on any atom is 0.279 e. The molecule has 1 aromatic carbocycles. The highest BCUT2D eigenvalue weighted by atomic mass is 79.9. The molecule has 0 spiro atoms. The summed E-state index contributed by atoms with van der Waals surface area (Å²) in [5.41, 5.74) is 0.746. The average molecular weight is 397 g/mol. The topological polar surface area (TPSA) is 62.6 Å². The molecule has 132 valence electrons. The average Bonchev–Trinajstić information content (AvgIpc) is 2.51. The van der Waals surface area contributed by atoms with Crippen LogP contribution in [0.15, 0.2) is 28.7 Å². The van der Waals surface area contributed by atoms with Gasteiger partial charge in [-0.15, -0.1) is 0 Å². The summed E-state index contributed by atoms with van der Waals surface area (Å²) in [5, 5.41) is 6.00. The Balaban J connectivity index is 1.75. The number of nitrogens with one attached hydrogen (secondary N) is 3. The number of amides is 2. The first-order valence-corrected chi connectivity index (χ1v) is 9.40. The van der Waals surface area contributed by atoms with Crippen LogP contribution in [-0.2, 0) is 9.59 Å². The first-order valence-electron chi connectivity index (χ1n) is 8.60. The van der Waals surface area contributed by atoms with Crippen molar-refractivity contribution in [3.8, 4) is 0 Å². The molecule has 5 nitrogen and oxygen atoms in total. The van der Waals surface area contributed by atoms with E-state index in [9.17, 15) is 9.59 Å². The number of halogens is 1. The Morgan fingerprint density at radius 1 is 1.17 bits per heavy atom. The molecule has 24 heavy (non-hydrogen) atoms. The third-order valence-corrected chi connectivity index (χ3v) is 5.22. The van der Waals surface area contributed by atoms with E-state index in [1.165, 1.54) is 19.3 Å². The van der Waals surface area contributed by atoms with Crippen LogP contribution in [-0.4, -0.2) is 38.0 Å². The summed E-state index contributed by atoms with van der Waals surface area (Å²) in [6.45, 7) is 2.77. The van der Waals surface area contributed by atoms with Gasteiger partial charge in [-0.1, -0.05) is 31.9 Å². The standard InChI is InChI=1S/C18H26BrN3O2/c1-13-7-3-5-9-15(13)20-17(23)11-22(2)12-18(24)21-16-10-6-4-8-14(16)19/h4,6,8,10,13,15H,3,5,7,9,11-12H2,1-2H3,(H,20,23)(H,21,24)/p+1/t13-,15+/m1/s1. The van der Waals surface area contributed by atoms with Crippen LogP contribution >= 0.6 is 15.9 Å². The Labute approximate surface area is 152 Å². The van der Waals surface area contributed by atoms with Gasteiger partial charge >= 0.3 is 0 Å². The number of hydrogen-bond donors (Lipinski definition) is 3. The minimum absolute atomic E-state index is 0.0277. The molecule has 1 unspecified atom stereocenters. The van der Waals surface area contributed by atoms with Crippen molar-refractivity contribution in [3.63, 3.8) is 0 Å². The predicted octanol–water partition coefficient (Wildman–Crippen LogP) is 1.60. The van der Waals surface area contributed by atoms with Crippen molar-refractivity contribution >= 4 is 33.4 Å². The van der Waals surface area contributed by atoms with Crippen molar-refractivity contribution < 1.29 is 14.5 Å². The number of carbonyl (C=O) groups excluding carboxylic acids is 2. The van der Waals surface area contributed by atoms with E-state index in [4.69, 9.17) is 0 Å².